The summed E-state index contributed by atoms with van der Waals surface area (Å²) in [4.78, 5) is 7.94. The van der Waals surface area contributed by atoms with Gasteiger partial charge in [-0.05, 0) is 298 Å². The maximum atomic E-state index is 3.97. The highest BCUT2D eigenvalue weighted by atomic mass is 15.3. The smallest absolute Gasteiger partial charge is 0.156 e. The second kappa shape index (κ2) is 28.9. The zero-order valence-corrected chi connectivity index (χ0v) is 65.8. The van der Waals surface area contributed by atoms with E-state index in [0.29, 0.717) is 16.2 Å². The molecule has 17 aliphatic rings. The van der Waals surface area contributed by atoms with Gasteiger partial charge in [0, 0.05) is 36.3 Å². The minimum absolute atomic E-state index is 0.441. The number of fused-ring (bicyclic) bond motifs is 4. The molecular formula is C94H159BN2. The van der Waals surface area contributed by atoms with Crippen LogP contribution in [0.4, 0.5) is 0 Å². The van der Waals surface area contributed by atoms with Crippen molar-refractivity contribution in [3.63, 3.8) is 0 Å². The van der Waals surface area contributed by atoms with Crippen LogP contribution in [0.3, 0.4) is 0 Å². The van der Waals surface area contributed by atoms with Crippen LogP contribution in [-0.4, -0.2) is 52.8 Å². The van der Waals surface area contributed by atoms with Gasteiger partial charge in [-0.15, -0.1) is 0 Å². The largest absolute Gasteiger partial charge is 0.295 e. The lowest BCUT2D eigenvalue weighted by molar-refractivity contribution is -0.156. The first-order valence-electron chi connectivity index (χ1n) is 46.6. The quantitative estimate of drug-likeness (QED) is 0.212. The summed E-state index contributed by atoms with van der Waals surface area (Å²) in [6, 6.07) is 5.24. The molecule has 23 unspecified atom stereocenters. The van der Waals surface area contributed by atoms with Gasteiger partial charge in [0.05, 0.1) is 0 Å². The van der Waals surface area contributed by atoms with Gasteiger partial charge in [0.25, 0.3) is 0 Å². The van der Waals surface area contributed by atoms with E-state index in [9.17, 15) is 0 Å². The van der Waals surface area contributed by atoms with E-state index in [1.54, 1.807) is 276 Å². The highest BCUT2D eigenvalue weighted by Gasteiger charge is 2.70. The van der Waals surface area contributed by atoms with Gasteiger partial charge < -0.3 is 0 Å². The topological polar surface area (TPSA) is 6.48 Å². The zero-order valence-electron chi connectivity index (χ0n) is 65.8. The van der Waals surface area contributed by atoms with E-state index >= 15 is 0 Å². The summed E-state index contributed by atoms with van der Waals surface area (Å²) in [5.74, 6) is 25.8. The van der Waals surface area contributed by atoms with Crippen LogP contribution in [-0.2, 0) is 0 Å². The maximum absolute atomic E-state index is 3.97. The molecule has 2 saturated heterocycles. The minimum atomic E-state index is 0.441. The Morgan fingerprint density at radius 2 is 0.608 bits per heavy atom. The summed E-state index contributed by atoms with van der Waals surface area (Å²) in [7, 11) is 0. The van der Waals surface area contributed by atoms with Crippen LogP contribution in [0.2, 0.25) is 17.5 Å². The van der Waals surface area contributed by atoms with Crippen molar-refractivity contribution in [3.8, 4) is 0 Å². The monoisotopic (exact) mass is 1330 g/mol. The van der Waals surface area contributed by atoms with Crippen LogP contribution in [0.5, 0.6) is 0 Å². The van der Waals surface area contributed by atoms with Crippen LogP contribution < -0.4 is 0 Å². The van der Waals surface area contributed by atoms with Gasteiger partial charge in [0.1, 0.15) is 0 Å². The fraction of sp³-hybridized carbons (Fsp3) is 1.00. The standard InChI is InChI=1S/C94H159BN2/c1-92(2,3)72-47-43-61(44-48-72)70-57-85-89-86(58-70)97(91-77(64-33-21-13-22-34-64)39-26-40-78(91)65-35-23-14-24-36-65)84-56-66(60-27-15-10-16-28-60)45-49-81(84)95(89)82-55-67(46-50-83(82)96(85)90-75(62-29-17-11-18-30-62)37-25-38-76(90)63-31-19-12-20-32-63)79-54-71-53-73(93(4,5)6)51-68-41-42-69-52-74(94(7,8)9)59-80(79)88(69)87(68)71/h60-91H,10-59H2,1-9H3. The van der Waals surface area contributed by atoms with Gasteiger partial charge in [0.15, 0.2) is 6.71 Å². The van der Waals surface area contributed by atoms with Crippen molar-refractivity contribution in [2.45, 2.75) is 437 Å². The molecule has 15 saturated carbocycles. The van der Waals surface area contributed by atoms with Gasteiger partial charge in [0.2, 0.25) is 0 Å². The molecule has 0 amide bonds. The third-order valence-electron chi connectivity index (χ3n) is 38.3. The summed E-state index contributed by atoms with van der Waals surface area (Å²) in [5.41, 5.74) is 1.35. The van der Waals surface area contributed by atoms with Crippen molar-refractivity contribution < 1.29 is 0 Å². The van der Waals surface area contributed by atoms with Crippen molar-refractivity contribution in [2.24, 2.45) is 152 Å². The van der Waals surface area contributed by atoms with E-state index in [0.717, 1.165) is 197 Å². The summed E-state index contributed by atoms with van der Waals surface area (Å²) in [5, 5.41) is 0. The van der Waals surface area contributed by atoms with Crippen LogP contribution >= 0.6 is 0 Å². The Labute approximate surface area is 602 Å². The van der Waals surface area contributed by atoms with E-state index < -0.39 is 0 Å². The minimum Gasteiger partial charge on any atom is -0.295 e. The van der Waals surface area contributed by atoms with Crippen molar-refractivity contribution in [1.29, 1.82) is 0 Å². The summed E-state index contributed by atoms with van der Waals surface area (Å²) >= 11 is 0. The van der Waals surface area contributed by atoms with E-state index in [4.69, 9.17) is 0 Å². The lowest BCUT2D eigenvalue weighted by Gasteiger charge is -2.72. The molecule has 0 radical (unpaired) electrons. The molecule has 2 heterocycles. The van der Waals surface area contributed by atoms with E-state index in [-0.39, 0.29) is 0 Å². The molecule has 2 aliphatic heterocycles. The molecule has 0 bridgehead atoms. The first-order valence-corrected chi connectivity index (χ1v) is 46.6. The number of rotatable bonds is 9. The van der Waals surface area contributed by atoms with Crippen molar-refractivity contribution >= 4 is 6.71 Å². The average Bonchev–Trinajstić information content (AvgIpc) is 0.687. The normalized spacial score (nSPS) is 48.5. The first-order chi connectivity index (χ1) is 47.0. The van der Waals surface area contributed by atoms with Crippen molar-refractivity contribution in [1.82, 2.24) is 9.80 Å². The highest BCUT2D eigenvalue weighted by Crippen LogP contribution is 2.71. The molecule has 0 aromatic heterocycles. The third kappa shape index (κ3) is 13.5. The lowest BCUT2D eigenvalue weighted by atomic mass is 9.17. The predicted octanol–water partition coefficient (Wildman–Crippen LogP) is 26.5. The molecule has 17 rings (SSSR count). The predicted molar refractivity (Wildman–Crippen MR) is 413 cm³/mol. The summed E-state index contributed by atoms with van der Waals surface area (Å²) < 4.78 is 0. The number of nitrogens with zero attached hydrogens (tertiary/aromatic N) is 2. The molecule has 17 fully saturated rings. The Hall–Kier alpha value is -0.0151. The second-order valence-electron chi connectivity index (χ2n) is 45.1. The van der Waals surface area contributed by atoms with E-state index in [1.165, 1.54) is 44.9 Å². The summed E-state index contributed by atoms with van der Waals surface area (Å²) in [6.45, 7) is 25.2. The molecule has 15 aliphatic carbocycles. The molecule has 23 atom stereocenters. The van der Waals surface area contributed by atoms with Gasteiger partial charge >= 0.3 is 0 Å². The molecule has 0 aromatic carbocycles. The molecule has 548 valence electrons. The van der Waals surface area contributed by atoms with E-state index in [2.05, 4.69) is 72.1 Å². The van der Waals surface area contributed by atoms with Crippen molar-refractivity contribution in [3.05, 3.63) is 0 Å². The Bertz CT molecular complexity index is 2480. The van der Waals surface area contributed by atoms with Gasteiger partial charge in [-0.25, -0.2) is 0 Å². The van der Waals surface area contributed by atoms with Crippen LogP contribution in [0, 0.1) is 152 Å². The fourth-order valence-electron chi connectivity index (χ4n) is 34.1. The SMILES string of the molecule is CC(C)(C)C1CCC(C2CC3C4B(C5CC(C6CC7CC(C(C)(C)C)CC8CCC9CC(C(C)(C)C)CC6C9C87)CCC5N3C3C(C5CCCCC5)CCCC3C3CCCCC3)C3CCC(C5CCCCC5)CC3N(C3C(C5CCCCC5)CCCC3C3CCCCC3)C4C2)CC1. The van der Waals surface area contributed by atoms with Crippen LogP contribution in [0.25, 0.3) is 0 Å². The molecule has 0 aromatic rings. The molecule has 3 heteroatoms. The zero-order chi connectivity index (χ0) is 66.1. The second-order valence-corrected chi connectivity index (χ2v) is 45.1. The Kier molecular flexibility index (Phi) is 20.9. The maximum Gasteiger partial charge on any atom is 0.156 e. The van der Waals surface area contributed by atoms with Crippen LogP contribution in [0.1, 0.15) is 383 Å². The molecular weight excluding hydrogens is 1170 g/mol. The first kappa shape index (κ1) is 70.0. The Morgan fingerprint density at radius 3 is 1.09 bits per heavy atom. The summed E-state index contributed by atoms with van der Waals surface area (Å²) in [6.07, 6.45) is 79.2. The Balaban J connectivity index is 0.839. The molecule has 97 heavy (non-hydrogen) atoms. The average molecular weight is 1330 g/mol. The van der Waals surface area contributed by atoms with Gasteiger partial charge in [-0.3, -0.25) is 9.80 Å². The third-order valence-corrected chi connectivity index (χ3v) is 38.3. The van der Waals surface area contributed by atoms with Gasteiger partial charge in [-0.1, -0.05) is 255 Å². The van der Waals surface area contributed by atoms with E-state index in [1.807, 2.05) is 0 Å². The number of hydrogen-bond acceptors (Lipinski definition) is 2. The Morgan fingerprint density at radius 1 is 0.216 bits per heavy atom. The number of hydrogen-bond donors (Lipinski definition) is 0. The van der Waals surface area contributed by atoms with Crippen LogP contribution in [0.15, 0.2) is 0 Å². The fourth-order valence-corrected chi connectivity index (χ4v) is 34.1. The highest BCUT2D eigenvalue weighted by molar-refractivity contribution is 6.65. The molecule has 0 spiro atoms. The lowest BCUT2D eigenvalue weighted by Crippen LogP contribution is -2.77. The van der Waals surface area contributed by atoms with Gasteiger partial charge in [-0.2, -0.15) is 0 Å². The molecule has 0 N–H and O–H groups in total. The van der Waals surface area contributed by atoms with Crippen molar-refractivity contribution in [2.75, 3.05) is 0 Å². The molecule has 2 nitrogen and oxygen atoms in total.